The summed E-state index contributed by atoms with van der Waals surface area (Å²) >= 11 is 4.98. The number of benzene rings is 1. The fraction of sp³-hybridized carbons (Fsp3) is 0.300. The summed E-state index contributed by atoms with van der Waals surface area (Å²) in [6.07, 6.45) is 0. The van der Waals surface area contributed by atoms with Crippen LogP contribution in [0.4, 0.5) is 0 Å². The van der Waals surface area contributed by atoms with Gasteiger partial charge in [-0.05, 0) is 38.2 Å². The van der Waals surface area contributed by atoms with Crippen LogP contribution in [-0.4, -0.2) is 11.2 Å². The van der Waals surface area contributed by atoms with Gasteiger partial charge >= 0.3 is 0 Å². The molecule has 0 atom stereocenters. The second-order valence-corrected chi connectivity index (χ2v) is 3.37. The van der Waals surface area contributed by atoms with E-state index in [-0.39, 0.29) is 0 Å². The molecule has 0 radical (unpaired) electrons. The molecule has 0 fully saturated rings. The molecule has 0 aliphatic rings. The highest BCUT2D eigenvalue weighted by molar-refractivity contribution is 7.80. The Morgan fingerprint density at radius 3 is 2.46 bits per heavy atom. The summed E-state index contributed by atoms with van der Waals surface area (Å²) in [7, 11) is 0. The summed E-state index contributed by atoms with van der Waals surface area (Å²) in [6, 6.07) is 9.80. The fourth-order valence-electron chi connectivity index (χ4n) is 0.861. The normalized spacial score (nSPS) is 9.77. The van der Waals surface area contributed by atoms with Gasteiger partial charge in [0.05, 0.1) is 0 Å². The number of para-hydroxylation sites is 1. The first-order chi connectivity index (χ1) is 6.18. The molecule has 0 saturated carbocycles. The maximum Gasteiger partial charge on any atom is 0.262 e. The minimum Gasteiger partial charge on any atom is -0.432 e. The van der Waals surface area contributed by atoms with Crippen LogP contribution in [0.3, 0.4) is 0 Å². The molecule has 1 aromatic carbocycles. The smallest absolute Gasteiger partial charge is 0.262 e. The molecule has 0 amide bonds. The number of ether oxygens (including phenoxy) is 1. The first kappa shape index (κ1) is 9.99. The minimum atomic E-state index is 0.302. The van der Waals surface area contributed by atoms with E-state index >= 15 is 0 Å². The van der Waals surface area contributed by atoms with Crippen molar-refractivity contribution in [3.8, 4) is 5.75 Å². The first-order valence-corrected chi connectivity index (χ1v) is 4.62. The van der Waals surface area contributed by atoms with Gasteiger partial charge in [0.1, 0.15) is 5.75 Å². The van der Waals surface area contributed by atoms with Crippen molar-refractivity contribution in [2.24, 2.45) is 0 Å². The van der Waals surface area contributed by atoms with Crippen LogP contribution in [0.1, 0.15) is 13.8 Å². The third-order valence-corrected chi connectivity index (χ3v) is 1.56. The lowest BCUT2D eigenvalue weighted by molar-refractivity contribution is 0.517. The average Bonchev–Trinajstić information content (AvgIpc) is 2.04. The van der Waals surface area contributed by atoms with E-state index in [4.69, 9.17) is 17.0 Å². The molecule has 0 unspecified atom stereocenters. The van der Waals surface area contributed by atoms with Crippen LogP contribution in [0.2, 0.25) is 0 Å². The predicted molar refractivity (Wildman–Crippen MR) is 57.9 cm³/mol. The lowest BCUT2D eigenvalue weighted by Crippen LogP contribution is -2.32. The zero-order valence-electron chi connectivity index (χ0n) is 7.78. The highest BCUT2D eigenvalue weighted by Gasteiger charge is 1.99. The maximum absolute atomic E-state index is 5.35. The van der Waals surface area contributed by atoms with Gasteiger partial charge in [0.25, 0.3) is 5.17 Å². The van der Waals surface area contributed by atoms with Crippen molar-refractivity contribution in [3.05, 3.63) is 30.3 Å². The van der Waals surface area contributed by atoms with E-state index in [0.29, 0.717) is 11.2 Å². The molecule has 0 aliphatic heterocycles. The second kappa shape index (κ2) is 4.82. The molecule has 70 valence electrons. The quantitative estimate of drug-likeness (QED) is 0.732. The summed E-state index contributed by atoms with van der Waals surface area (Å²) in [6.45, 7) is 4.03. The molecule has 1 rings (SSSR count). The largest absolute Gasteiger partial charge is 0.432 e. The monoisotopic (exact) mass is 195 g/mol. The van der Waals surface area contributed by atoms with E-state index in [9.17, 15) is 0 Å². The Morgan fingerprint density at radius 2 is 1.92 bits per heavy atom. The van der Waals surface area contributed by atoms with Gasteiger partial charge in [0.2, 0.25) is 0 Å². The molecule has 1 aromatic rings. The standard InChI is InChI=1S/C10H13NOS/c1-8(2)11-10(13)12-9-6-4-3-5-7-9/h3-8H,1-2H3,(H,11,13). The van der Waals surface area contributed by atoms with Crippen LogP contribution >= 0.6 is 12.2 Å². The summed E-state index contributed by atoms with van der Waals surface area (Å²) < 4.78 is 5.35. The topological polar surface area (TPSA) is 21.3 Å². The van der Waals surface area contributed by atoms with Crippen molar-refractivity contribution >= 4 is 17.4 Å². The molecule has 0 aliphatic carbocycles. The van der Waals surface area contributed by atoms with Gasteiger partial charge in [-0.25, -0.2) is 0 Å². The Hall–Kier alpha value is -1.09. The number of hydrogen-bond acceptors (Lipinski definition) is 2. The van der Waals surface area contributed by atoms with Gasteiger partial charge in [-0.3, -0.25) is 0 Å². The summed E-state index contributed by atoms with van der Waals surface area (Å²) in [5.41, 5.74) is 0. The maximum atomic E-state index is 5.35. The molecule has 0 spiro atoms. The Balaban J connectivity index is 2.46. The molecular formula is C10H13NOS. The van der Waals surface area contributed by atoms with Gasteiger partial charge < -0.3 is 10.1 Å². The van der Waals surface area contributed by atoms with Crippen LogP contribution < -0.4 is 10.1 Å². The molecule has 3 heteroatoms. The molecular weight excluding hydrogens is 182 g/mol. The molecule has 0 aromatic heterocycles. The van der Waals surface area contributed by atoms with Crippen molar-refractivity contribution in [2.45, 2.75) is 19.9 Å². The van der Waals surface area contributed by atoms with Crippen molar-refractivity contribution in [3.63, 3.8) is 0 Å². The van der Waals surface area contributed by atoms with Crippen molar-refractivity contribution in [2.75, 3.05) is 0 Å². The second-order valence-electron chi connectivity index (χ2n) is 3.00. The zero-order valence-corrected chi connectivity index (χ0v) is 8.60. The molecule has 2 nitrogen and oxygen atoms in total. The van der Waals surface area contributed by atoms with Gasteiger partial charge in [-0.2, -0.15) is 0 Å². The Kier molecular flexibility index (Phi) is 3.71. The van der Waals surface area contributed by atoms with E-state index in [1.165, 1.54) is 0 Å². The lowest BCUT2D eigenvalue weighted by atomic mass is 10.3. The first-order valence-electron chi connectivity index (χ1n) is 4.22. The van der Waals surface area contributed by atoms with Crippen molar-refractivity contribution < 1.29 is 4.74 Å². The minimum absolute atomic E-state index is 0.302. The van der Waals surface area contributed by atoms with Crippen molar-refractivity contribution in [1.29, 1.82) is 0 Å². The number of rotatable bonds is 2. The SMILES string of the molecule is CC(C)NC(=S)Oc1ccccc1. The predicted octanol–water partition coefficient (Wildman–Crippen LogP) is 2.35. The van der Waals surface area contributed by atoms with Crippen LogP contribution in [0.25, 0.3) is 0 Å². The van der Waals surface area contributed by atoms with Crippen LogP contribution in [0, 0.1) is 0 Å². The van der Waals surface area contributed by atoms with Crippen LogP contribution in [0.5, 0.6) is 5.75 Å². The van der Waals surface area contributed by atoms with E-state index in [1.54, 1.807) is 0 Å². The summed E-state index contributed by atoms with van der Waals surface area (Å²) in [5, 5.41) is 3.42. The summed E-state index contributed by atoms with van der Waals surface area (Å²) in [4.78, 5) is 0. The van der Waals surface area contributed by atoms with E-state index in [1.807, 2.05) is 44.2 Å². The van der Waals surface area contributed by atoms with Gasteiger partial charge in [0.15, 0.2) is 0 Å². The third-order valence-electron chi connectivity index (χ3n) is 1.36. The molecule has 0 bridgehead atoms. The molecule has 0 heterocycles. The Labute approximate surface area is 83.9 Å². The summed E-state index contributed by atoms with van der Waals surface area (Å²) in [5.74, 6) is 0.764. The fourth-order valence-corrected chi connectivity index (χ4v) is 1.19. The number of thiocarbonyl (C=S) groups is 1. The van der Waals surface area contributed by atoms with E-state index in [0.717, 1.165) is 5.75 Å². The molecule has 0 saturated heterocycles. The van der Waals surface area contributed by atoms with Crippen molar-refractivity contribution in [1.82, 2.24) is 5.32 Å². The highest BCUT2D eigenvalue weighted by atomic mass is 32.1. The van der Waals surface area contributed by atoms with Gasteiger partial charge in [0, 0.05) is 6.04 Å². The zero-order chi connectivity index (χ0) is 9.68. The molecule has 1 N–H and O–H groups in total. The van der Waals surface area contributed by atoms with Gasteiger partial charge in [-0.15, -0.1) is 0 Å². The molecule has 13 heavy (non-hydrogen) atoms. The van der Waals surface area contributed by atoms with E-state index in [2.05, 4.69) is 5.32 Å². The number of nitrogens with one attached hydrogen (secondary N) is 1. The highest BCUT2D eigenvalue weighted by Crippen LogP contribution is 2.08. The van der Waals surface area contributed by atoms with Crippen LogP contribution in [0.15, 0.2) is 30.3 Å². The van der Waals surface area contributed by atoms with E-state index < -0.39 is 0 Å². The average molecular weight is 195 g/mol. The lowest BCUT2D eigenvalue weighted by Gasteiger charge is -2.11. The van der Waals surface area contributed by atoms with Crippen LogP contribution in [-0.2, 0) is 0 Å². The Bertz CT molecular complexity index is 272. The van der Waals surface area contributed by atoms with Gasteiger partial charge in [-0.1, -0.05) is 18.2 Å². The Morgan fingerprint density at radius 1 is 1.31 bits per heavy atom. The third kappa shape index (κ3) is 3.90. The number of hydrogen-bond donors (Lipinski definition) is 1.